The Kier molecular flexibility index (Phi) is 7.42. The Hall–Kier alpha value is -3.08. The summed E-state index contributed by atoms with van der Waals surface area (Å²) in [5.74, 6) is 0. The molecule has 1 saturated carbocycles. The highest BCUT2D eigenvalue weighted by molar-refractivity contribution is 7.90. The molecule has 2 fully saturated rings. The van der Waals surface area contributed by atoms with Crippen LogP contribution < -0.4 is 0 Å². The van der Waals surface area contributed by atoms with E-state index in [1.807, 2.05) is 25.1 Å². The topological polar surface area (TPSA) is 88.3 Å². The van der Waals surface area contributed by atoms with E-state index in [1.54, 1.807) is 30.5 Å². The molecule has 1 N–H and O–H groups in total. The number of fused-ring (bicyclic) bond motifs is 1. The van der Waals surface area contributed by atoms with Gasteiger partial charge < -0.3 is 10.0 Å². The first kappa shape index (κ1) is 28.7. The van der Waals surface area contributed by atoms with Crippen molar-refractivity contribution in [1.29, 1.82) is 0 Å². The normalized spacial score (nSPS) is 17.0. The van der Waals surface area contributed by atoms with Gasteiger partial charge in [0.2, 0.25) is 0 Å². The van der Waals surface area contributed by atoms with E-state index < -0.39 is 15.6 Å². The van der Waals surface area contributed by atoms with E-state index in [-0.39, 0.29) is 4.90 Å². The molecule has 0 atom stereocenters. The molecule has 1 aliphatic carbocycles. The molecular weight excluding hydrogens is 600 g/mol. The first-order valence-electron chi connectivity index (χ1n) is 14.8. The number of benzene rings is 2. The van der Waals surface area contributed by atoms with E-state index in [0.717, 1.165) is 48.5 Å². The van der Waals surface area contributed by atoms with Gasteiger partial charge >= 0.3 is 0 Å². The molecule has 0 bridgehead atoms. The van der Waals surface area contributed by atoms with Crippen LogP contribution in [0, 0.1) is 6.92 Å². The highest BCUT2D eigenvalue weighted by atomic mass is 35.5. The summed E-state index contributed by atoms with van der Waals surface area (Å²) in [4.78, 5) is 12.6. The van der Waals surface area contributed by atoms with Crippen molar-refractivity contribution in [2.24, 2.45) is 0 Å². The third-order valence-corrected chi connectivity index (χ3v) is 12.0. The van der Waals surface area contributed by atoms with Gasteiger partial charge in [0.25, 0.3) is 10.0 Å². The number of aryl methyl sites for hydroxylation is 1. The van der Waals surface area contributed by atoms with E-state index in [0.29, 0.717) is 45.2 Å². The Morgan fingerprint density at radius 2 is 1.70 bits per heavy atom. The van der Waals surface area contributed by atoms with Crippen LogP contribution in [-0.4, -0.2) is 52.0 Å². The Balaban J connectivity index is 1.36. The maximum Gasteiger partial charge on any atom is 0.269 e. The number of pyridine rings is 1. The second-order valence-electron chi connectivity index (χ2n) is 11.7. The molecule has 2 aromatic carbocycles. The molecule has 0 unspecified atom stereocenters. The number of aromatic nitrogens is 3. The van der Waals surface area contributed by atoms with Gasteiger partial charge in [0.15, 0.2) is 5.65 Å². The number of rotatable bonds is 8. The average molecular weight is 633 g/mol. The molecule has 0 radical (unpaired) electrons. The van der Waals surface area contributed by atoms with Crippen LogP contribution in [0.5, 0.6) is 0 Å². The molecule has 5 aromatic rings. The van der Waals surface area contributed by atoms with E-state index in [4.69, 9.17) is 11.6 Å². The van der Waals surface area contributed by atoms with Gasteiger partial charge in [-0.25, -0.2) is 22.4 Å². The molecule has 7 nitrogen and oxygen atoms in total. The quantitative estimate of drug-likeness (QED) is 0.197. The molecule has 43 heavy (non-hydrogen) atoms. The highest BCUT2D eigenvalue weighted by Gasteiger charge is 2.39. The summed E-state index contributed by atoms with van der Waals surface area (Å²) in [6.07, 6.45) is 9.04. The molecule has 222 valence electrons. The molecule has 1 saturated heterocycles. The van der Waals surface area contributed by atoms with Crippen molar-refractivity contribution in [2.45, 2.75) is 55.9 Å². The van der Waals surface area contributed by atoms with Gasteiger partial charge in [0.05, 0.1) is 20.5 Å². The number of hydrogen-bond acceptors (Lipinski definition) is 7. The average Bonchev–Trinajstić information content (AvgIpc) is 3.76. The van der Waals surface area contributed by atoms with Crippen LogP contribution in [0.25, 0.3) is 32.7 Å². The molecule has 7 rings (SSSR count). The monoisotopic (exact) mass is 632 g/mol. The van der Waals surface area contributed by atoms with Crippen LogP contribution in [0.1, 0.15) is 48.2 Å². The lowest BCUT2D eigenvalue weighted by molar-refractivity contribution is -0.0389. The lowest BCUT2D eigenvalue weighted by Gasteiger charge is -2.34. The second kappa shape index (κ2) is 11.1. The standard InChI is InChI=1S/C33H33ClN4O3S2/c1-22-5-11-25(12-6-22)43(40,41)38-28(24-9-7-23(8-10-24)13-18-37-16-2-3-17-37)19-26-30(27(34)20-35-31(26)38)29-21-36-32(42-29)33(39)14-4-15-33/h5-12,19-21,39H,2-4,13-18H2,1H3. The molecule has 1 aliphatic heterocycles. The van der Waals surface area contributed by atoms with Crippen LogP contribution in [0.2, 0.25) is 5.02 Å². The Morgan fingerprint density at radius 1 is 0.977 bits per heavy atom. The minimum Gasteiger partial charge on any atom is -0.383 e. The van der Waals surface area contributed by atoms with Crippen LogP contribution in [0.4, 0.5) is 0 Å². The zero-order chi connectivity index (χ0) is 29.8. The van der Waals surface area contributed by atoms with Crippen molar-refractivity contribution in [2.75, 3.05) is 19.6 Å². The van der Waals surface area contributed by atoms with Gasteiger partial charge in [0, 0.05) is 29.9 Å². The predicted octanol–water partition coefficient (Wildman–Crippen LogP) is 7.04. The van der Waals surface area contributed by atoms with Gasteiger partial charge in [-0.2, -0.15) is 0 Å². The molecule has 2 aliphatic rings. The smallest absolute Gasteiger partial charge is 0.269 e. The number of thiazole rings is 1. The minimum atomic E-state index is -4.02. The van der Waals surface area contributed by atoms with Crippen LogP contribution >= 0.6 is 22.9 Å². The largest absolute Gasteiger partial charge is 0.383 e. The van der Waals surface area contributed by atoms with Crippen molar-refractivity contribution >= 4 is 44.0 Å². The fourth-order valence-electron chi connectivity index (χ4n) is 6.08. The number of aliphatic hydroxyl groups is 1. The Labute approximate surface area is 260 Å². The molecular formula is C33H33ClN4O3S2. The summed E-state index contributed by atoms with van der Waals surface area (Å²) < 4.78 is 29.9. The second-order valence-corrected chi connectivity index (χ2v) is 15.0. The van der Waals surface area contributed by atoms with Gasteiger partial charge in [-0.05, 0) is 87.9 Å². The Bertz CT molecular complexity index is 1900. The lowest BCUT2D eigenvalue weighted by atomic mass is 9.81. The zero-order valence-corrected chi connectivity index (χ0v) is 26.4. The summed E-state index contributed by atoms with van der Waals surface area (Å²) >= 11 is 8.16. The summed E-state index contributed by atoms with van der Waals surface area (Å²) in [5.41, 5.74) is 3.54. The van der Waals surface area contributed by atoms with Gasteiger partial charge in [-0.15, -0.1) is 11.3 Å². The van der Waals surface area contributed by atoms with E-state index >= 15 is 0 Å². The molecule has 4 heterocycles. The maximum absolute atomic E-state index is 14.3. The van der Waals surface area contributed by atoms with Crippen molar-refractivity contribution in [3.63, 3.8) is 0 Å². The number of hydrogen-bond donors (Lipinski definition) is 1. The summed E-state index contributed by atoms with van der Waals surface area (Å²) in [6, 6.07) is 16.9. The summed E-state index contributed by atoms with van der Waals surface area (Å²) in [6.45, 7) is 5.28. The third-order valence-electron chi connectivity index (χ3n) is 8.80. The van der Waals surface area contributed by atoms with Gasteiger partial charge in [-0.3, -0.25) is 0 Å². The van der Waals surface area contributed by atoms with Crippen molar-refractivity contribution in [3.8, 4) is 21.7 Å². The number of halogens is 1. The molecule has 10 heteroatoms. The maximum atomic E-state index is 14.3. The van der Waals surface area contributed by atoms with Crippen molar-refractivity contribution < 1.29 is 13.5 Å². The van der Waals surface area contributed by atoms with E-state index in [2.05, 4.69) is 27.0 Å². The van der Waals surface area contributed by atoms with Crippen LogP contribution in [0.15, 0.2) is 71.9 Å². The third kappa shape index (κ3) is 5.21. The van der Waals surface area contributed by atoms with Gasteiger partial charge in [0.1, 0.15) is 10.6 Å². The van der Waals surface area contributed by atoms with Gasteiger partial charge in [-0.1, -0.05) is 53.6 Å². The van der Waals surface area contributed by atoms with Crippen molar-refractivity contribution in [1.82, 2.24) is 18.8 Å². The number of nitrogens with zero attached hydrogens (tertiary/aromatic N) is 4. The molecule has 3 aromatic heterocycles. The van der Waals surface area contributed by atoms with Crippen LogP contribution in [0.3, 0.4) is 0 Å². The van der Waals surface area contributed by atoms with Crippen molar-refractivity contribution in [3.05, 3.63) is 88.1 Å². The minimum absolute atomic E-state index is 0.185. The molecule has 0 amide bonds. The van der Waals surface area contributed by atoms with E-state index in [9.17, 15) is 13.5 Å². The fourth-order valence-corrected chi connectivity index (χ4v) is 9.00. The molecule has 0 spiro atoms. The fraction of sp³-hybridized carbons (Fsp3) is 0.333. The SMILES string of the molecule is Cc1ccc(S(=O)(=O)n2c(-c3ccc(CCN4CCCC4)cc3)cc3c(-c4cnc(C5(O)CCC5)s4)c(Cl)cnc32)cc1. The first-order valence-corrected chi connectivity index (χ1v) is 17.4. The Morgan fingerprint density at radius 3 is 2.37 bits per heavy atom. The summed E-state index contributed by atoms with van der Waals surface area (Å²) in [7, 11) is -4.02. The number of likely N-dealkylation sites (tertiary alicyclic amines) is 1. The lowest BCUT2D eigenvalue weighted by Crippen LogP contribution is -2.33. The van der Waals surface area contributed by atoms with Crippen LogP contribution in [-0.2, 0) is 22.0 Å². The predicted molar refractivity (Wildman–Crippen MR) is 172 cm³/mol. The first-order chi connectivity index (χ1) is 20.7. The summed E-state index contributed by atoms with van der Waals surface area (Å²) in [5, 5.41) is 12.6. The van der Waals surface area contributed by atoms with E-state index in [1.165, 1.54) is 39.9 Å². The highest BCUT2D eigenvalue weighted by Crippen LogP contribution is 2.47. The zero-order valence-electron chi connectivity index (χ0n) is 24.0.